The molecule has 0 saturated heterocycles. The van der Waals surface area contributed by atoms with E-state index in [0.717, 1.165) is 19.3 Å². The van der Waals surface area contributed by atoms with Crippen molar-refractivity contribution in [1.29, 1.82) is 0 Å². The van der Waals surface area contributed by atoms with Gasteiger partial charge >= 0.3 is 0 Å². The molecule has 0 aromatic heterocycles. The number of rotatable bonds is 4. The predicted molar refractivity (Wildman–Crippen MR) is 126 cm³/mol. The molecule has 3 nitrogen and oxygen atoms in total. The summed E-state index contributed by atoms with van der Waals surface area (Å²) in [6.07, 6.45) is 12.1. The lowest BCUT2D eigenvalue weighted by atomic mass is 9.45. The van der Waals surface area contributed by atoms with Crippen molar-refractivity contribution in [3.05, 3.63) is 23.8 Å². The van der Waals surface area contributed by atoms with Gasteiger partial charge < -0.3 is 15.3 Å². The Morgan fingerprint density at radius 3 is 2.32 bits per heavy atom. The van der Waals surface area contributed by atoms with E-state index >= 15 is 0 Å². The molecule has 3 heteroatoms. The highest BCUT2D eigenvalue weighted by Crippen LogP contribution is 2.67. The molecule has 0 bridgehead atoms. The minimum atomic E-state index is -1.20. The number of hydrogen-bond donors (Lipinski definition) is 3. The third-order valence-electron chi connectivity index (χ3n) is 10.7. The highest BCUT2D eigenvalue weighted by atomic mass is 16.3. The second-order valence-electron chi connectivity index (χ2n) is 12.5. The van der Waals surface area contributed by atoms with Gasteiger partial charge in [0.15, 0.2) is 0 Å². The van der Waals surface area contributed by atoms with Gasteiger partial charge in [-0.25, -0.2) is 0 Å². The summed E-state index contributed by atoms with van der Waals surface area (Å²) in [5, 5.41) is 32.9. The van der Waals surface area contributed by atoms with Crippen LogP contribution in [-0.2, 0) is 0 Å². The quantitative estimate of drug-likeness (QED) is 0.516. The first-order chi connectivity index (χ1) is 14.4. The number of aliphatic hydroxyl groups excluding tert-OH is 2. The third kappa shape index (κ3) is 3.49. The molecule has 3 unspecified atom stereocenters. The van der Waals surface area contributed by atoms with Crippen LogP contribution in [0, 0.1) is 46.3 Å². The van der Waals surface area contributed by atoms with Gasteiger partial charge in [-0.15, -0.1) is 0 Å². The normalized spacial score (nSPS) is 49.4. The smallest absolute Gasteiger partial charge is 0.102 e. The van der Waals surface area contributed by atoms with Crippen molar-refractivity contribution in [3.63, 3.8) is 0 Å². The maximum Gasteiger partial charge on any atom is 0.102 e. The van der Waals surface area contributed by atoms with E-state index < -0.39 is 17.8 Å². The Morgan fingerprint density at radius 2 is 1.65 bits per heavy atom. The van der Waals surface area contributed by atoms with Gasteiger partial charge in [0.25, 0.3) is 0 Å². The zero-order valence-electron chi connectivity index (χ0n) is 20.6. The summed E-state index contributed by atoms with van der Waals surface area (Å²) in [7, 11) is 0. The van der Waals surface area contributed by atoms with Crippen molar-refractivity contribution >= 4 is 0 Å². The summed E-state index contributed by atoms with van der Waals surface area (Å²) < 4.78 is 0. The highest BCUT2D eigenvalue weighted by Gasteiger charge is 2.64. The second kappa shape index (κ2) is 7.99. The molecule has 0 aliphatic heterocycles. The lowest BCUT2D eigenvalue weighted by molar-refractivity contribution is -0.210. The lowest BCUT2D eigenvalue weighted by Crippen LogP contribution is -2.65. The van der Waals surface area contributed by atoms with E-state index in [-0.39, 0.29) is 10.8 Å². The minimum absolute atomic E-state index is 0.271. The van der Waals surface area contributed by atoms with Crippen LogP contribution in [0.25, 0.3) is 0 Å². The van der Waals surface area contributed by atoms with Gasteiger partial charge in [0.1, 0.15) is 11.7 Å². The molecule has 4 rings (SSSR count). The summed E-state index contributed by atoms with van der Waals surface area (Å²) in [4.78, 5) is 0. The minimum Gasteiger partial charge on any atom is -0.393 e. The average molecular weight is 431 g/mol. The van der Waals surface area contributed by atoms with Crippen LogP contribution in [0.15, 0.2) is 23.8 Å². The molecule has 176 valence electrons. The first-order valence-electron chi connectivity index (χ1n) is 12.9. The molecule has 3 N–H and O–H groups in total. The third-order valence-corrected chi connectivity index (χ3v) is 10.7. The van der Waals surface area contributed by atoms with Crippen LogP contribution in [0.4, 0.5) is 0 Å². The van der Waals surface area contributed by atoms with E-state index in [4.69, 9.17) is 0 Å². The zero-order chi connectivity index (χ0) is 22.8. The fraction of sp³-hybridized carbons (Fsp3) is 0.857. The molecule has 0 spiro atoms. The Hall–Kier alpha value is -0.640. The molecule has 0 heterocycles. The molecular formula is C28H46O3. The Morgan fingerprint density at radius 1 is 0.935 bits per heavy atom. The van der Waals surface area contributed by atoms with Crippen LogP contribution in [0.5, 0.6) is 0 Å². The van der Waals surface area contributed by atoms with E-state index in [1.54, 1.807) is 0 Å². The molecule has 0 aromatic rings. The van der Waals surface area contributed by atoms with E-state index in [0.29, 0.717) is 41.9 Å². The van der Waals surface area contributed by atoms with Crippen LogP contribution in [0.3, 0.4) is 0 Å². The van der Waals surface area contributed by atoms with Gasteiger partial charge in [-0.3, -0.25) is 0 Å². The van der Waals surface area contributed by atoms with E-state index in [2.05, 4.69) is 53.7 Å². The topological polar surface area (TPSA) is 60.7 Å². The fourth-order valence-electron chi connectivity index (χ4n) is 8.16. The Labute approximate surface area is 190 Å². The van der Waals surface area contributed by atoms with Crippen LogP contribution in [0.1, 0.15) is 86.5 Å². The monoisotopic (exact) mass is 430 g/mol. The number of allylic oxidation sites excluding steroid dienone is 3. The van der Waals surface area contributed by atoms with Crippen molar-refractivity contribution in [2.45, 2.75) is 104 Å². The van der Waals surface area contributed by atoms with Gasteiger partial charge in [-0.2, -0.15) is 0 Å². The summed E-state index contributed by atoms with van der Waals surface area (Å²) in [6, 6.07) is 0. The standard InChI is InChI=1S/C28H46O3/c1-17(2)18(3)7-8-19(4)22-9-10-23-21-15-25(30)28(31)16-20(29)11-14-27(28,6)24(21)12-13-26(22,23)5/h7-8,15,17-20,22-25,29-31H,9-14,16H2,1-6H3/t18?,19-,20+,22-,23+,24+,25?,26-,27-,28?/m1/s1. The Bertz CT molecular complexity index is 741. The van der Waals surface area contributed by atoms with Gasteiger partial charge in [-0.05, 0) is 79.4 Å². The van der Waals surface area contributed by atoms with Crippen LogP contribution >= 0.6 is 0 Å². The fourth-order valence-corrected chi connectivity index (χ4v) is 8.16. The molecule has 0 aromatic carbocycles. The van der Waals surface area contributed by atoms with Crippen molar-refractivity contribution < 1.29 is 15.3 Å². The van der Waals surface area contributed by atoms with E-state index in [1.807, 2.05) is 6.08 Å². The molecule has 3 fully saturated rings. The van der Waals surface area contributed by atoms with Crippen LogP contribution < -0.4 is 0 Å². The van der Waals surface area contributed by atoms with Crippen molar-refractivity contribution in [1.82, 2.24) is 0 Å². The molecular weight excluding hydrogens is 384 g/mol. The molecule has 0 radical (unpaired) electrons. The van der Waals surface area contributed by atoms with E-state index in [1.165, 1.54) is 24.8 Å². The average Bonchev–Trinajstić information content (AvgIpc) is 3.05. The maximum atomic E-state index is 11.6. The lowest BCUT2D eigenvalue weighted by Gasteiger charge is -2.62. The van der Waals surface area contributed by atoms with Crippen LogP contribution in [0.2, 0.25) is 0 Å². The molecule has 3 saturated carbocycles. The molecule has 31 heavy (non-hydrogen) atoms. The van der Waals surface area contributed by atoms with Crippen molar-refractivity contribution in [3.8, 4) is 0 Å². The summed E-state index contributed by atoms with van der Waals surface area (Å²) in [6.45, 7) is 14.0. The summed E-state index contributed by atoms with van der Waals surface area (Å²) in [5.41, 5.74) is 0.160. The van der Waals surface area contributed by atoms with Crippen LogP contribution in [-0.4, -0.2) is 33.1 Å². The summed E-state index contributed by atoms with van der Waals surface area (Å²) in [5.74, 6) is 3.37. The van der Waals surface area contributed by atoms with Gasteiger partial charge in [0.05, 0.1) is 6.10 Å². The highest BCUT2D eigenvalue weighted by molar-refractivity contribution is 5.33. The number of aliphatic hydroxyl groups is 3. The van der Waals surface area contributed by atoms with Gasteiger partial charge in [0.2, 0.25) is 0 Å². The molecule has 4 aliphatic rings. The molecule has 0 amide bonds. The van der Waals surface area contributed by atoms with Crippen molar-refractivity contribution in [2.75, 3.05) is 0 Å². The number of fused-ring (bicyclic) bond motifs is 5. The molecule has 4 aliphatic carbocycles. The van der Waals surface area contributed by atoms with Gasteiger partial charge in [-0.1, -0.05) is 65.3 Å². The first kappa shape index (κ1) is 23.5. The second-order valence-corrected chi connectivity index (χ2v) is 12.5. The summed E-state index contributed by atoms with van der Waals surface area (Å²) >= 11 is 0. The Kier molecular flexibility index (Phi) is 6.06. The SMILES string of the molecule is CC(C)C(C)C=C[C@@H](C)[C@H]1CC[C@H]2C3=CC(O)C4(O)C[C@@H](O)CC[C@]4(C)[C@H]3CC[C@]12C. The predicted octanol–water partition coefficient (Wildman–Crippen LogP) is 5.50. The van der Waals surface area contributed by atoms with Crippen molar-refractivity contribution in [2.24, 2.45) is 46.3 Å². The largest absolute Gasteiger partial charge is 0.393 e. The zero-order valence-corrected chi connectivity index (χ0v) is 20.6. The number of hydrogen-bond acceptors (Lipinski definition) is 3. The maximum absolute atomic E-state index is 11.6. The Balaban J connectivity index is 1.61. The van der Waals surface area contributed by atoms with Gasteiger partial charge in [0, 0.05) is 11.8 Å². The van der Waals surface area contributed by atoms with E-state index in [9.17, 15) is 15.3 Å². The molecule has 10 atom stereocenters. The first-order valence-corrected chi connectivity index (χ1v) is 12.9.